The summed E-state index contributed by atoms with van der Waals surface area (Å²) in [5.41, 5.74) is 6.45. The van der Waals surface area contributed by atoms with E-state index < -0.39 is 0 Å². The van der Waals surface area contributed by atoms with Crippen LogP contribution in [0.1, 0.15) is 22.5 Å². The first-order valence-corrected chi connectivity index (χ1v) is 7.79. The molecule has 1 unspecified atom stereocenters. The highest BCUT2D eigenvalue weighted by Gasteiger charge is 2.23. The number of hydrogen-bond donors (Lipinski definition) is 3. The largest absolute Gasteiger partial charge is 0.397 e. The molecule has 21 heavy (non-hydrogen) atoms. The predicted molar refractivity (Wildman–Crippen MR) is 84.7 cm³/mol. The summed E-state index contributed by atoms with van der Waals surface area (Å²) in [6.07, 6.45) is 1.26. The molecule has 0 aliphatic carbocycles. The molecule has 0 spiro atoms. The molecule has 1 atom stereocenters. The first kappa shape index (κ1) is 14.2. The molecule has 7 heteroatoms. The topological polar surface area (TPSA) is 84.2 Å². The van der Waals surface area contributed by atoms with E-state index in [1.54, 1.807) is 6.07 Å². The van der Waals surface area contributed by atoms with Crippen LogP contribution in [-0.2, 0) is 4.79 Å². The number of anilines is 1. The van der Waals surface area contributed by atoms with Crippen LogP contribution in [0.4, 0.5) is 5.69 Å². The summed E-state index contributed by atoms with van der Waals surface area (Å²) in [5.74, 6) is -0.201. The van der Waals surface area contributed by atoms with Crippen LogP contribution in [0.15, 0.2) is 18.2 Å². The molecule has 0 saturated carbocycles. The maximum Gasteiger partial charge on any atom is 0.263 e. The smallest absolute Gasteiger partial charge is 0.263 e. The number of benzene rings is 1. The van der Waals surface area contributed by atoms with Gasteiger partial charge in [-0.05, 0) is 18.6 Å². The molecule has 1 saturated heterocycles. The minimum absolute atomic E-state index is 0.000593. The van der Waals surface area contributed by atoms with Crippen molar-refractivity contribution >= 4 is 50.5 Å². The number of carbonyl (C=O) groups is 2. The third kappa shape index (κ3) is 2.69. The molecule has 2 heterocycles. The zero-order valence-corrected chi connectivity index (χ0v) is 12.7. The average molecular weight is 324 g/mol. The number of nitrogens with one attached hydrogen (secondary N) is 2. The van der Waals surface area contributed by atoms with Crippen molar-refractivity contribution in [1.29, 1.82) is 0 Å². The Morgan fingerprint density at radius 1 is 1.52 bits per heavy atom. The Morgan fingerprint density at radius 2 is 2.33 bits per heavy atom. The molecular formula is C14H14ClN3O2S. The fourth-order valence-corrected chi connectivity index (χ4v) is 3.82. The molecule has 0 bridgehead atoms. The summed E-state index contributed by atoms with van der Waals surface area (Å²) in [7, 11) is 0. The van der Waals surface area contributed by atoms with E-state index >= 15 is 0 Å². The molecule has 5 nitrogen and oxygen atoms in total. The Bertz CT molecular complexity index is 728. The summed E-state index contributed by atoms with van der Waals surface area (Å²) in [6.45, 7) is 0.409. The van der Waals surface area contributed by atoms with Crippen LogP contribution in [-0.4, -0.2) is 24.4 Å². The number of hydrogen-bond acceptors (Lipinski definition) is 4. The highest BCUT2D eigenvalue weighted by atomic mass is 35.5. The van der Waals surface area contributed by atoms with Crippen molar-refractivity contribution in [3.63, 3.8) is 0 Å². The Hall–Kier alpha value is -1.79. The highest BCUT2D eigenvalue weighted by Crippen LogP contribution is 2.37. The van der Waals surface area contributed by atoms with Crippen LogP contribution in [0.5, 0.6) is 0 Å². The Morgan fingerprint density at radius 3 is 3.00 bits per heavy atom. The zero-order chi connectivity index (χ0) is 15.0. The van der Waals surface area contributed by atoms with Crippen molar-refractivity contribution in [1.82, 2.24) is 10.6 Å². The Balaban J connectivity index is 1.77. The van der Waals surface area contributed by atoms with Gasteiger partial charge in [-0.3, -0.25) is 9.59 Å². The van der Waals surface area contributed by atoms with Gasteiger partial charge in [0.15, 0.2) is 0 Å². The summed E-state index contributed by atoms with van der Waals surface area (Å²) in [6, 6.07) is 5.47. The highest BCUT2D eigenvalue weighted by molar-refractivity contribution is 7.21. The summed E-state index contributed by atoms with van der Waals surface area (Å²) in [5, 5.41) is 6.89. The van der Waals surface area contributed by atoms with Crippen LogP contribution < -0.4 is 16.4 Å². The van der Waals surface area contributed by atoms with Crippen molar-refractivity contribution in [2.75, 3.05) is 12.3 Å². The van der Waals surface area contributed by atoms with Crippen LogP contribution >= 0.6 is 22.9 Å². The molecule has 1 aliphatic heterocycles. The normalized spacial score (nSPS) is 18.0. The number of fused-ring (bicyclic) bond motifs is 1. The van der Waals surface area contributed by atoms with Crippen LogP contribution in [0.2, 0.25) is 5.02 Å². The van der Waals surface area contributed by atoms with E-state index in [-0.39, 0.29) is 17.9 Å². The first-order valence-electron chi connectivity index (χ1n) is 6.60. The molecule has 2 amide bonds. The number of rotatable bonds is 3. The first-order chi connectivity index (χ1) is 10.1. The van der Waals surface area contributed by atoms with Crippen LogP contribution in [0, 0.1) is 0 Å². The molecule has 1 fully saturated rings. The molecule has 110 valence electrons. The summed E-state index contributed by atoms with van der Waals surface area (Å²) in [4.78, 5) is 23.8. The number of thiophene rings is 1. The monoisotopic (exact) mass is 323 g/mol. The van der Waals surface area contributed by atoms with E-state index in [0.29, 0.717) is 28.6 Å². The number of nitrogens with two attached hydrogens (primary N) is 1. The fraction of sp³-hybridized carbons (Fsp3) is 0.286. The Kier molecular flexibility index (Phi) is 3.73. The van der Waals surface area contributed by atoms with Crippen molar-refractivity contribution < 1.29 is 9.59 Å². The van der Waals surface area contributed by atoms with Gasteiger partial charge >= 0.3 is 0 Å². The quantitative estimate of drug-likeness (QED) is 0.809. The third-order valence-electron chi connectivity index (χ3n) is 3.50. The van der Waals surface area contributed by atoms with Gasteiger partial charge in [0.25, 0.3) is 5.91 Å². The van der Waals surface area contributed by atoms with E-state index in [0.717, 1.165) is 16.5 Å². The zero-order valence-electron chi connectivity index (χ0n) is 11.1. The lowest BCUT2D eigenvalue weighted by Gasteiger charge is -2.10. The lowest BCUT2D eigenvalue weighted by atomic mass is 10.2. The van der Waals surface area contributed by atoms with E-state index in [1.165, 1.54) is 11.3 Å². The van der Waals surface area contributed by atoms with Gasteiger partial charge in [-0.15, -0.1) is 11.3 Å². The van der Waals surface area contributed by atoms with Gasteiger partial charge in [0, 0.05) is 29.1 Å². The van der Waals surface area contributed by atoms with Crippen LogP contribution in [0.3, 0.4) is 0 Å². The third-order valence-corrected chi connectivity index (χ3v) is 4.99. The maximum atomic E-state index is 12.2. The number of amides is 2. The van der Waals surface area contributed by atoms with Gasteiger partial charge in [0.05, 0.1) is 10.7 Å². The lowest BCUT2D eigenvalue weighted by Crippen LogP contribution is -2.38. The molecule has 0 radical (unpaired) electrons. The summed E-state index contributed by atoms with van der Waals surface area (Å²) >= 11 is 7.44. The van der Waals surface area contributed by atoms with E-state index in [9.17, 15) is 9.59 Å². The van der Waals surface area contributed by atoms with Crippen molar-refractivity contribution in [2.24, 2.45) is 0 Å². The van der Waals surface area contributed by atoms with Crippen molar-refractivity contribution in [2.45, 2.75) is 18.9 Å². The molecule has 1 aromatic heterocycles. The van der Waals surface area contributed by atoms with Gasteiger partial charge < -0.3 is 16.4 Å². The minimum Gasteiger partial charge on any atom is -0.397 e. The molecule has 1 aromatic carbocycles. The molecule has 3 rings (SSSR count). The van der Waals surface area contributed by atoms with E-state index in [1.807, 2.05) is 12.1 Å². The maximum absolute atomic E-state index is 12.2. The lowest BCUT2D eigenvalue weighted by molar-refractivity contribution is -0.119. The minimum atomic E-state index is -0.231. The average Bonchev–Trinajstić information content (AvgIpc) is 3.01. The van der Waals surface area contributed by atoms with Gasteiger partial charge in [-0.1, -0.05) is 17.7 Å². The van der Waals surface area contributed by atoms with Crippen molar-refractivity contribution in [3.8, 4) is 0 Å². The summed E-state index contributed by atoms with van der Waals surface area (Å²) < 4.78 is 0.888. The number of nitrogen functional groups attached to an aromatic ring is 1. The van der Waals surface area contributed by atoms with Gasteiger partial charge in [-0.2, -0.15) is 0 Å². The van der Waals surface area contributed by atoms with E-state index in [4.69, 9.17) is 17.3 Å². The molecule has 1 aliphatic rings. The number of carbonyl (C=O) groups excluding carboxylic acids is 2. The standard InChI is InChI=1S/C14H14ClN3O2S/c15-8-2-1-3-9-11(8)12(16)13(21-9)14(20)17-6-7-4-5-10(19)18-7/h1-3,7H,4-6,16H2,(H,17,20)(H,18,19). The molecule has 2 aromatic rings. The predicted octanol–water partition coefficient (Wildman–Crippen LogP) is 2.15. The SMILES string of the molecule is Nc1c(C(=O)NCC2CCC(=O)N2)sc2cccc(Cl)c12. The van der Waals surface area contributed by atoms with Gasteiger partial charge in [0.2, 0.25) is 5.91 Å². The van der Waals surface area contributed by atoms with Gasteiger partial charge in [0.1, 0.15) is 4.88 Å². The van der Waals surface area contributed by atoms with Crippen molar-refractivity contribution in [3.05, 3.63) is 28.1 Å². The number of halogens is 1. The van der Waals surface area contributed by atoms with Crippen LogP contribution in [0.25, 0.3) is 10.1 Å². The fourth-order valence-electron chi connectivity index (χ4n) is 2.42. The molecular weight excluding hydrogens is 310 g/mol. The molecule has 4 N–H and O–H groups in total. The Labute approximate surface area is 130 Å². The second kappa shape index (κ2) is 5.54. The second-order valence-corrected chi connectivity index (χ2v) is 6.43. The van der Waals surface area contributed by atoms with E-state index in [2.05, 4.69) is 10.6 Å². The second-order valence-electron chi connectivity index (χ2n) is 4.97. The van der Waals surface area contributed by atoms with Gasteiger partial charge in [-0.25, -0.2) is 0 Å².